The Labute approximate surface area is 135 Å². The number of imidazole rings is 1. The average Bonchev–Trinajstić information content (AvgIpc) is 3.10. The van der Waals surface area contributed by atoms with Crippen molar-refractivity contribution in [2.24, 2.45) is 0 Å². The zero-order valence-electron chi connectivity index (χ0n) is 11.4. The van der Waals surface area contributed by atoms with Crippen molar-refractivity contribution in [3.05, 3.63) is 52.8 Å². The lowest BCUT2D eigenvalue weighted by atomic mass is 10.2. The Balaban J connectivity index is 2.06. The third-order valence-corrected chi connectivity index (χ3v) is 6.34. The standard InChI is InChI=1S/C14H10ClN3O2S2/c1-9-2-3-10-4-5-18(11(10)8-9)22(19,20)13-12(15)16-14-17(13)6-7-21-14/h2-8H,1H3. The summed E-state index contributed by atoms with van der Waals surface area (Å²) in [7, 11) is -3.83. The highest BCUT2D eigenvalue weighted by atomic mass is 35.5. The fraction of sp³-hybridized carbons (Fsp3) is 0.0714. The predicted octanol–water partition coefficient (Wildman–Crippen LogP) is 3.55. The van der Waals surface area contributed by atoms with Gasteiger partial charge in [0, 0.05) is 23.2 Å². The van der Waals surface area contributed by atoms with Crippen molar-refractivity contribution in [1.29, 1.82) is 0 Å². The number of halogens is 1. The molecule has 0 aliphatic carbocycles. The fourth-order valence-corrected chi connectivity index (χ4v) is 5.25. The second kappa shape index (κ2) is 4.58. The van der Waals surface area contributed by atoms with Gasteiger partial charge >= 0.3 is 0 Å². The van der Waals surface area contributed by atoms with Crippen LogP contribution in [0.3, 0.4) is 0 Å². The maximum atomic E-state index is 13.0. The summed E-state index contributed by atoms with van der Waals surface area (Å²) in [5, 5.41) is 2.61. The quantitative estimate of drug-likeness (QED) is 0.555. The number of hydrogen-bond acceptors (Lipinski definition) is 4. The lowest BCUT2D eigenvalue weighted by Crippen LogP contribution is -2.14. The first-order valence-corrected chi connectivity index (χ1v) is 9.12. The summed E-state index contributed by atoms with van der Waals surface area (Å²) in [6, 6.07) is 7.45. The predicted molar refractivity (Wildman–Crippen MR) is 87.3 cm³/mol. The molecule has 0 saturated heterocycles. The minimum atomic E-state index is -3.83. The van der Waals surface area contributed by atoms with E-state index in [2.05, 4.69) is 4.98 Å². The van der Waals surface area contributed by atoms with Gasteiger partial charge in [0.2, 0.25) is 5.03 Å². The Morgan fingerprint density at radius 3 is 2.86 bits per heavy atom. The Hall–Kier alpha value is -1.83. The van der Waals surface area contributed by atoms with Gasteiger partial charge in [-0.2, -0.15) is 8.42 Å². The molecule has 0 fully saturated rings. The molecule has 0 aliphatic heterocycles. The van der Waals surface area contributed by atoms with Gasteiger partial charge in [-0.15, -0.1) is 11.3 Å². The van der Waals surface area contributed by atoms with Crippen molar-refractivity contribution < 1.29 is 8.42 Å². The molecular weight excluding hydrogens is 342 g/mol. The van der Waals surface area contributed by atoms with Crippen molar-refractivity contribution in [3.8, 4) is 0 Å². The van der Waals surface area contributed by atoms with Crippen LogP contribution in [-0.2, 0) is 10.0 Å². The number of hydrogen-bond donors (Lipinski definition) is 0. The highest BCUT2D eigenvalue weighted by molar-refractivity contribution is 7.90. The zero-order chi connectivity index (χ0) is 15.5. The molecule has 1 aromatic carbocycles. The van der Waals surface area contributed by atoms with E-state index in [4.69, 9.17) is 11.6 Å². The minimum Gasteiger partial charge on any atom is -0.278 e. The number of fused-ring (bicyclic) bond motifs is 2. The van der Waals surface area contributed by atoms with Gasteiger partial charge in [-0.25, -0.2) is 8.96 Å². The second-order valence-electron chi connectivity index (χ2n) is 4.94. The van der Waals surface area contributed by atoms with Gasteiger partial charge in [0.25, 0.3) is 10.0 Å². The zero-order valence-corrected chi connectivity index (χ0v) is 13.8. The van der Waals surface area contributed by atoms with E-state index >= 15 is 0 Å². The van der Waals surface area contributed by atoms with Gasteiger partial charge in [0.15, 0.2) is 10.1 Å². The SMILES string of the molecule is Cc1ccc2ccn(S(=O)(=O)c3c(Cl)nc4sccn34)c2c1. The molecular formula is C14H10ClN3O2S2. The molecule has 0 spiro atoms. The number of nitrogens with zero attached hydrogens (tertiary/aromatic N) is 3. The lowest BCUT2D eigenvalue weighted by Gasteiger charge is -2.07. The van der Waals surface area contributed by atoms with E-state index in [1.54, 1.807) is 23.8 Å². The highest BCUT2D eigenvalue weighted by Crippen LogP contribution is 2.29. The maximum Gasteiger partial charge on any atom is 0.287 e. The molecule has 112 valence electrons. The molecule has 4 aromatic rings. The normalized spacial score (nSPS) is 12.5. The van der Waals surface area contributed by atoms with E-state index in [1.807, 2.05) is 25.1 Å². The summed E-state index contributed by atoms with van der Waals surface area (Å²) in [5.74, 6) is 0. The average molecular weight is 352 g/mol. The molecule has 0 amide bonds. The number of aromatic nitrogens is 3. The third-order valence-electron chi connectivity index (χ3n) is 3.49. The molecule has 3 aromatic heterocycles. The van der Waals surface area contributed by atoms with Crippen LogP contribution in [-0.4, -0.2) is 21.8 Å². The van der Waals surface area contributed by atoms with E-state index in [0.717, 1.165) is 10.9 Å². The number of aryl methyl sites for hydroxylation is 1. The molecule has 4 rings (SSSR count). The Bertz CT molecular complexity index is 1120. The molecule has 0 bridgehead atoms. The Kier molecular flexibility index (Phi) is 2.87. The van der Waals surface area contributed by atoms with Crippen molar-refractivity contribution in [2.75, 3.05) is 0 Å². The first-order valence-electron chi connectivity index (χ1n) is 6.43. The van der Waals surface area contributed by atoms with Gasteiger partial charge in [0.05, 0.1) is 5.52 Å². The van der Waals surface area contributed by atoms with E-state index in [-0.39, 0.29) is 10.2 Å². The summed E-state index contributed by atoms with van der Waals surface area (Å²) < 4.78 is 28.8. The molecule has 0 unspecified atom stereocenters. The summed E-state index contributed by atoms with van der Waals surface area (Å²) in [4.78, 5) is 4.65. The van der Waals surface area contributed by atoms with Crippen LogP contribution in [0.25, 0.3) is 15.9 Å². The maximum absolute atomic E-state index is 13.0. The first-order chi connectivity index (χ1) is 10.5. The molecule has 0 saturated carbocycles. The van der Waals surface area contributed by atoms with Crippen LogP contribution < -0.4 is 0 Å². The van der Waals surface area contributed by atoms with E-state index in [0.29, 0.717) is 10.5 Å². The molecule has 8 heteroatoms. The van der Waals surface area contributed by atoms with Gasteiger partial charge in [-0.05, 0) is 24.6 Å². The minimum absolute atomic E-state index is 0.00979. The van der Waals surface area contributed by atoms with E-state index in [1.165, 1.54) is 19.7 Å². The lowest BCUT2D eigenvalue weighted by molar-refractivity contribution is 0.584. The van der Waals surface area contributed by atoms with Crippen LogP contribution in [0.4, 0.5) is 0 Å². The summed E-state index contributed by atoms with van der Waals surface area (Å²) >= 11 is 7.41. The van der Waals surface area contributed by atoms with Crippen LogP contribution in [0.2, 0.25) is 5.15 Å². The van der Waals surface area contributed by atoms with Crippen LogP contribution in [0, 0.1) is 6.92 Å². The largest absolute Gasteiger partial charge is 0.287 e. The first kappa shape index (κ1) is 13.8. The van der Waals surface area contributed by atoms with Gasteiger partial charge in [0.1, 0.15) is 0 Å². The molecule has 22 heavy (non-hydrogen) atoms. The monoisotopic (exact) mass is 351 g/mol. The second-order valence-corrected chi connectivity index (χ2v) is 7.90. The van der Waals surface area contributed by atoms with Gasteiger partial charge < -0.3 is 0 Å². The van der Waals surface area contributed by atoms with E-state index in [9.17, 15) is 8.42 Å². The Morgan fingerprint density at radius 2 is 2.05 bits per heavy atom. The summed E-state index contributed by atoms with van der Waals surface area (Å²) in [5.41, 5.74) is 1.61. The fourth-order valence-electron chi connectivity index (χ4n) is 2.49. The molecule has 0 aliphatic rings. The number of rotatable bonds is 2. The summed E-state index contributed by atoms with van der Waals surface area (Å²) in [6.45, 7) is 1.92. The van der Waals surface area contributed by atoms with E-state index < -0.39 is 10.0 Å². The third kappa shape index (κ3) is 1.83. The highest BCUT2D eigenvalue weighted by Gasteiger charge is 2.27. The smallest absolute Gasteiger partial charge is 0.278 e. The van der Waals surface area contributed by atoms with Crippen molar-refractivity contribution in [1.82, 2.24) is 13.4 Å². The molecule has 0 radical (unpaired) electrons. The van der Waals surface area contributed by atoms with Gasteiger partial charge in [-0.3, -0.25) is 4.40 Å². The topological polar surface area (TPSA) is 56.4 Å². The molecule has 0 atom stereocenters. The van der Waals surface area contributed by atoms with Crippen LogP contribution in [0.5, 0.6) is 0 Å². The van der Waals surface area contributed by atoms with Crippen LogP contribution in [0.15, 0.2) is 47.1 Å². The summed E-state index contributed by atoms with van der Waals surface area (Å²) in [6.07, 6.45) is 3.20. The van der Waals surface area contributed by atoms with Crippen molar-refractivity contribution in [2.45, 2.75) is 11.9 Å². The van der Waals surface area contributed by atoms with Crippen LogP contribution in [0.1, 0.15) is 5.56 Å². The van der Waals surface area contributed by atoms with Crippen molar-refractivity contribution >= 4 is 48.8 Å². The van der Waals surface area contributed by atoms with Gasteiger partial charge in [-0.1, -0.05) is 23.7 Å². The van der Waals surface area contributed by atoms with Crippen LogP contribution >= 0.6 is 22.9 Å². The van der Waals surface area contributed by atoms with Crippen molar-refractivity contribution in [3.63, 3.8) is 0 Å². The molecule has 5 nitrogen and oxygen atoms in total. The Morgan fingerprint density at radius 1 is 1.23 bits per heavy atom. The number of benzene rings is 1. The number of thiazole rings is 1. The molecule has 3 heterocycles. The molecule has 0 N–H and O–H groups in total.